The molecule has 2 nitrogen and oxygen atoms in total. The van der Waals surface area contributed by atoms with Crippen molar-refractivity contribution in [2.45, 2.75) is 37.8 Å². The van der Waals surface area contributed by atoms with E-state index in [4.69, 9.17) is 0 Å². The SMILES string of the molecule is CC1CC(O)(Cc2ccc(F)cc2Br)CCN1C. The summed E-state index contributed by atoms with van der Waals surface area (Å²) in [5.41, 5.74) is 0.294. The van der Waals surface area contributed by atoms with Crippen molar-refractivity contribution in [2.24, 2.45) is 0 Å². The highest BCUT2D eigenvalue weighted by Crippen LogP contribution is 2.31. The second kappa shape index (κ2) is 5.27. The van der Waals surface area contributed by atoms with Gasteiger partial charge in [-0.1, -0.05) is 22.0 Å². The third-order valence-electron chi connectivity index (χ3n) is 3.89. The first-order chi connectivity index (χ1) is 8.39. The average molecular weight is 316 g/mol. The van der Waals surface area contributed by atoms with E-state index in [1.165, 1.54) is 12.1 Å². The quantitative estimate of drug-likeness (QED) is 0.907. The molecule has 0 aromatic heterocycles. The molecular weight excluding hydrogens is 297 g/mol. The fourth-order valence-electron chi connectivity index (χ4n) is 2.59. The summed E-state index contributed by atoms with van der Waals surface area (Å²) in [6, 6.07) is 5.03. The lowest BCUT2D eigenvalue weighted by Gasteiger charge is -2.41. The number of hydrogen-bond donors (Lipinski definition) is 1. The first-order valence-corrected chi connectivity index (χ1v) is 7.05. The second-order valence-electron chi connectivity index (χ2n) is 5.42. The van der Waals surface area contributed by atoms with Crippen molar-refractivity contribution < 1.29 is 9.50 Å². The van der Waals surface area contributed by atoms with Crippen LogP contribution < -0.4 is 0 Å². The molecule has 0 bridgehead atoms. The van der Waals surface area contributed by atoms with Crippen LogP contribution in [0, 0.1) is 5.82 Å². The maximum atomic E-state index is 13.0. The molecule has 0 aliphatic carbocycles. The summed E-state index contributed by atoms with van der Waals surface area (Å²) in [6.07, 6.45) is 2.09. The van der Waals surface area contributed by atoms with E-state index in [2.05, 4.69) is 34.8 Å². The van der Waals surface area contributed by atoms with E-state index in [-0.39, 0.29) is 5.82 Å². The van der Waals surface area contributed by atoms with Gasteiger partial charge < -0.3 is 10.0 Å². The van der Waals surface area contributed by atoms with Crippen molar-refractivity contribution in [3.8, 4) is 0 Å². The van der Waals surface area contributed by atoms with Gasteiger partial charge in [0.15, 0.2) is 0 Å². The Morgan fingerprint density at radius 3 is 2.89 bits per heavy atom. The summed E-state index contributed by atoms with van der Waals surface area (Å²) in [5.74, 6) is -0.255. The van der Waals surface area contributed by atoms with Crippen LogP contribution in [-0.4, -0.2) is 35.2 Å². The van der Waals surface area contributed by atoms with E-state index < -0.39 is 5.60 Å². The summed E-state index contributed by atoms with van der Waals surface area (Å²) in [5, 5.41) is 10.7. The Bertz CT molecular complexity index is 440. The van der Waals surface area contributed by atoms with Gasteiger partial charge in [-0.15, -0.1) is 0 Å². The van der Waals surface area contributed by atoms with Gasteiger partial charge in [0.05, 0.1) is 5.60 Å². The molecule has 2 unspecified atom stereocenters. The number of benzene rings is 1. The number of aliphatic hydroxyl groups is 1. The number of rotatable bonds is 2. The molecule has 1 aromatic carbocycles. The van der Waals surface area contributed by atoms with Gasteiger partial charge >= 0.3 is 0 Å². The van der Waals surface area contributed by atoms with Crippen molar-refractivity contribution in [3.05, 3.63) is 34.1 Å². The van der Waals surface area contributed by atoms with Gasteiger partial charge in [-0.3, -0.25) is 0 Å². The average Bonchev–Trinajstić information content (AvgIpc) is 2.28. The topological polar surface area (TPSA) is 23.5 Å². The van der Waals surface area contributed by atoms with Crippen LogP contribution in [0.5, 0.6) is 0 Å². The second-order valence-corrected chi connectivity index (χ2v) is 6.27. The normalized spacial score (nSPS) is 29.5. The molecule has 0 radical (unpaired) electrons. The Kier molecular flexibility index (Phi) is 4.09. The molecular formula is C14H19BrFNO. The zero-order chi connectivity index (χ0) is 13.3. The molecule has 0 spiro atoms. The van der Waals surface area contributed by atoms with Crippen LogP contribution in [-0.2, 0) is 6.42 Å². The highest BCUT2D eigenvalue weighted by atomic mass is 79.9. The van der Waals surface area contributed by atoms with Gasteiger partial charge in [0, 0.05) is 23.5 Å². The fraction of sp³-hybridized carbons (Fsp3) is 0.571. The molecule has 1 aromatic rings. The third kappa shape index (κ3) is 3.11. The molecule has 0 saturated carbocycles. The van der Waals surface area contributed by atoms with Crippen molar-refractivity contribution in [2.75, 3.05) is 13.6 Å². The van der Waals surface area contributed by atoms with E-state index in [9.17, 15) is 9.50 Å². The van der Waals surface area contributed by atoms with Gasteiger partial charge in [0.1, 0.15) is 5.82 Å². The smallest absolute Gasteiger partial charge is 0.124 e. The van der Waals surface area contributed by atoms with Crippen LogP contribution in [0.1, 0.15) is 25.3 Å². The van der Waals surface area contributed by atoms with E-state index >= 15 is 0 Å². The predicted octanol–water partition coefficient (Wildman–Crippen LogP) is 2.98. The van der Waals surface area contributed by atoms with Crippen molar-refractivity contribution in [1.29, 1.82) is 0 Å². The maximum Gasteiger partial charge on any atom is 0.124 e. The van der Waals surface area contributed by atoms with Crippen LogP contribution in [0.4, 0.5) is 4.39 Å². The molecule has 1 N–H and O–H groups in total. The molecule has 1 aliphatic heterocycles. The lowest BCUT2D eigenvalue weighted by molar-refractivity contribution is -0.0354. The van der Waals surface area contributed by atoms with Gasteiger partial charge in [-0.25, -0.2) is 4.39 Å². The van der Waals surface area contributed by atoms with E-state index in [1.807, 2.05) is 0 Å². The molecule has 1 fully saturated rings. The van der Waals surface area contributed by atoms with Crippen LogP contribution in [0.2, 0.25) is 0 Å². The highest BCUT2D eigenvalue weighted by Gasteiger charge is 2.35. The van der Waals surface area contributed by atoms with Gasteiger partial charge in [0.2, 0.25) is 0 Å². The summed E-state index contributed by atoms with van der Waals surface area (Å²) in [6.45, 7) is 3.03. The molecule has 2 atom stereocenters. The lowest BCUT2D eigenvalue weighted by Crippen LogP contribution is -2.48. The molecule has 1 heterocycles. The predicted molar refractivity (Wildman–Crippen MR) is 74.1 cm³/mol. The number of likely N-dealkylation sites (tertiary alicyclic amines) is 1. The zero-order valence-corrected chi connectivity index (χ0v) is 12.4. The minimum Gasteiger partial charge on any atom is -0.389 e. The van der Waals surface area contributed by atoms with Crippen molar-refractivity contribution >= 4 is 15.9 Å². The van der Waals surface area contributed by atoms with Crippen LogP contribution in [0.15, 0.2) is 22.7 Å². The van der Waals surface area contributed by atoms with E-state index in [1.54, 1.807) is 6.07 Å². The van der Waals surface area contributed by atoms with Crippen LogP contribution in [0.25, 0.3) is 0 Å². The number of nitrogens with zero attached hydrogens (tertiary/aromatic N) is 1. The molecule has 2 rings (SSSR count). The summed E-state index contributed by atoms with van der Waals surface area (Å²) >= 11 is 3.36. The standard InChI is InChI=1S/C14H19BrFNO/c1-10-8-14(18,5-6-17(10)2)9-11-3-4-12(16)7-13(11)15/h3-4,7,10,18H,5-6,8-9H2,1-2H3. The first kappa shape index (κ1) is 14.0. The Balaban J connectivity index is 2.13. The van der Waals surface area contributed by atoms with Crippen molar-refractivity contribution in [3.63, 3.8) is 0 Å². The number of piperidine rings is 1. The van der Waals surface area contributed by atoms with Gasteiger partial charge in [-0.2, -0.15) is 0 Å². The summed E-state index contributed by atoms with van der Waals surface area (Å²) in [4.78, 5) is 2.26. The number of halogens is 2. The monoisotopic (exact) mass is 315 g/mol. The van der Waals surface area contributed by atoms with Crippen LogP contribution in [0.3, 0.4) is 0 Å². The van der Waals surface area contributed by atoms with Gasteiger partial charge in [-0.05, 0) is 44.5 Å². The molecule has 18 heavy (non-hydrogen) atoms. The number of hydrogen-bond acceptors (Lipinski definition) is 2. The van der Waals surface area contributed by atoms with E-state index in [0.717, 1.165) is 29.4 Å². The molecule has 100 valence electrons. The molecule has 1 saturated heterocycles. The largest absolute Gasteiger partial charge is 0.389 e. The van der Waals surface area contributed by atoms with Crippen molar-refractivity contribution in [1.82, 2.24) is 4.90 Å². The summed E-state index contributed by atoms with van der Waals surface area (Å²) < 4.78 is 13.8. The zero-order valence-electron chi connectivity index (χ0n) is 10.8. The Morgan fingerprint density at radius 2 is 2.28 bits per heavy atom. The Labute approximate surface area is 116 Å². The highest BCUT2D eigenvalue weighted by molar-refractivity contribution is 9.10. The van der Waals surface area contributed by atoms with Crippen LogP contribution >= 0.6 is 15.9 Å². The lowest BCUT2D eigenvalue weighted by atomic mass is 9.82. The first-order valence-electron chi connectivity index (χ1n) is 6.26. The van der Waals surface area contributed by atoms with Gasteiger partial charge in [0.25, 0.3) is 0 Å². The summed E-state index contributed by atoms with van der Waals surface area (Å²) in [7, 11) is 2.08. The fourth-order valence-corrected chi connectivity index (χ4v) is 3.08. The molecule has 0 amide bonds. The third-order valence-corrected chi connectivity index (χ3v) is 4.63. The minimum absolute atomic E-state index is 0.255. The van der Waals surface area contributed by atoms with E-state index in [0.29, 0.717) is 12.5 Å². The minimum atomic E-state index is -0.674. The molecule has 1 aliphatic rings. The Hall–Kier alpha value is -0.450. The maximum absolute atomic E-state index is 13.0. The molecule has 4 heteroatoms. The Morgan fingerprint density at radius 1 is 1.56 bits per heavy atom.